The highest BCUT2D eigenvalue weighted by Gasteiger charge is 2.30. The van der Waals surface area contributed by atoms with Crippen molar-refractivity contribution in [3.05, 3.63) is 0 Å². The minimum Gasteiger partial charge on any atom is -0.481 e. The van der Waals surface area contributed by atoms with Crippen molar-refractivity contribution in [2.45, 2.75) is 31.7 Å². The van der Waals surface area contributed by atoms with Gasteiger partial charge in [-0.05, 0) is 37.7 Å². The summed E-state index contributed by atoms with van der Waals surface area (Å²) < 4.78 is 0. The van der Waals surface area contributed by atoms with Gasteiger partial charge in [-0.2, -0.15) is 11.8 Å². The Morgan fingerprint density at radius 2 is 2.18 bits per heavy atom. The number of urea groups is 1. The molecule has 0 aromatic rings. The van der Waals surface area contributed by atoms with Crippen LogP contribution in [0.5, 0.6) is 0 Å². The molecule has 0 radical (unpaired) electrons. The molecule has 0 unspecified atom stereocenters. The third-order valence-corrected chi connectivity index (χ3v) is 3.62. The van der Waals surface area contributed by atoms with E-state index < -0.39 is 5.97 Å². The van der Waals surface area contributed by atoms with Gasteiger partial charge in [-0.3, -0.25) is 4.79 Å². The van der Waals surface area contributed by atoms with E-state index in [1.165, 1.54) is 0 Å². The van der Waals surface area contributed by atoms with Crippen LogP contribution in [0, 0.1) is 5.92 Å². The molecule has 98 valence electrons. The average molecular weight is 260 g/mol. The number of nitrogens with one attached hydrogen (secondary N) is 2. The number of carbonyl (C=O) groups is 2. The normalized spacial score (nSPS) is 23.4. The first kappa shape index (κ1) is 14.2. The van der Waals surface area contributed by atoms with Crippen molar-refractivity contribution in [2.75, 3.05) is 18.6 Å². The fourth-order valence-corrected chi connectivity index (χ4v) is 2.42. The Morgan fingerprint density at radius 1 is 1.41 bits per heavy atom. The molecule has 2 amide bonds. The molecule has 6 heteroatoms. The summed E-state index contributed by atoms with van der Waals surface area (Å²) in [5, 5.41) is 14.4. The second-order valence-corrected chi connectivity index (χ2v) is 5.28. The molecule has 0 saturated heterocycles. The lowest BCUT2D eigenvalue weighted by atomic mass is 10.1. The van der Waals surface area contributed by atoms with E-state index in [2.05, 4.69) is 10.6 Å². The van der Waals surface area contributed by atoms with Gasteiger partial charge in [0.15, 0.2) is 0 Å². The minimum atomic E-state index is -0.755. The number of aliphatic carboxylic acids is 1. The van der Waals surface area contributed by atoms with Crippen molar-refractivity contribution in [3.8, 4) is 0 Å². The third-order valence-electron chi connectivity index (χ3n) is 2.93. The molecule has 1 fully saturated rings. The van der Waals surface area contributed by atoms with E-state index in [-0.39, 0.29) is 18.0 Å². The van der Waals surface area contributed by atoms with Crippen molar-refractivity contribution in [2.24, 2.45) is 5.92 Å². The molecule has 0 aliphatic heterocycles. The van der Waals surface area contributed by atoms with E-state index >= 15 is 0 Å². The molecule has 2 atom stereocenters. The summed E-state index contributed by atoms with van der Waals surface area (Å²) in [5.41, 5.74) is 0. The van der Waals surface area contributed by atoms with E-state index in [9.17, 15) is 9.59 Å². The molecular weight excluding hydrogens is 240 g/mol. The fraction of sp³-hybridized carbons (Fsp3) is 0.818. The van der Waals surface area contributed by atoms with Crippen LogP contribution < -0.4 is 10.6 Å². The molecule has 0 bridgehead atoms. The largest absolute Gasteiger partial charge is 0.481 e. The van der Waals surface area contributed by atoms with Gasteiger partial charge in [0.25, 0.3) is 0 Å². The molecule has 1 saturated carbocycles. The monoisotopic (exact) mass is 260 g/mol. The highest BCUT2D eigenvalue weighted by molar-refractivity contribution is 7.98. The van der Waals surface area contributed by atoms with Crippen molar-refractivity contribution in [3.63, 3.8) is 0 Å². The zero-order valence-corrected chi connectivity index (χ0v) is 10.9. The summed E-state index contributed by atoms with van der Waals surface area (Å²) in [4.78, 5) is 22.2. The number of hydrogen-bond donors (Lipinski definition) is 3. The number of carbonyl (C=O) groups excluding carboxylic acids is 1. The summed E-state index contributed by atoms with van der Waals surface area (Å²) in [5.74, 6) is -0.0170. The van der Waals surface area contributed by atoms with Gasteiger partial charge in [0, 0.05) is 12.6 Å². The molecule has 0 heterocycles. The SMILES string of the molecule is CSCCCNC(=O)N[C@H]1CC[C@@H](C(=O)O)C1. The van der Waals surface area contributed by atoms with Gasteiger partial charge >= 0.3 is 12.0 Å². The van der Waals surface area contributed by atoms with Crippen LogP contribution in [0.3, 0.4) is 0 Å². The molecule has 0 spiro atoms. The Bertz CT molecular complexity index is 273. The highest BCUT2D eigenvalue weighted by atomic mass is 32.2. The predicted octanol–water partition coefficient (Wildman–Crippen LogP) is 1.29. The molecule has 1 rings (SSSR count). The van der Waals surface area contributed by atoms with Crippen molar-refractivity contribution >= 4 is 23.8 Å². The van der Waals surface area contributed by atoms with E-state index in [4.69, 9.17) is 5.11 Å². The van der Waals surface area contributed by atoms with Crippen molar-refractivity contribution < 1.29 is 14.7 Å². The van der Waals surface area contributed by atoms with Gasteiger partial charge in [-0.1, -0.05) is 0 Å². The maximum Gasteiger partial charge on any atom is 0.315 e. The van der Waals surface area contributed by atoms with Crippen LogP contribution in [0.15, 0.2) is 0 Å². The molecular formula is C11H20N2O3S. The zero-order valence-electron chi connectivity index (χ0n) is 10.1. The number of carboxylic acids is 1. The smallest absolute Gasteiger partial charge is 0.315 e. The Labute approximate surface area is 106 Å². The fourth-order valence-electron chi connectivity index (χ4n) is 1.99. The number of thioether (sulfide) groups is 1. The van der Waals surface area contributed by atoms with E-state index in [1.54, 1.807) is 11.8 Å². The molecule has 3 N–H and O–H groups in total. The van der Waals surface area contributed by atoms with Crippen LogP contribution in [-0.4, -0.2) is 41.7 Å². The van der Waals surface area contributed by atoms with Crippen LogP contribution in [0.2, 0.25) is 0 Å². The first-order chi connectivity index (χ1) is 8.13. The van der Waals surface area contributed by atoms with Gasteiger partial charge in [0.1, 0.15) is 0 Å². The lowest BCUT2D eigenvalue weighted by molar-refractivity contribution is -0.141. The summed E-state index contributed by atoms with van der Waals surface area (Å²) in [7, 11) is 0. The minimum absolute atomic E-state index is 0.0108. The highest BCUT2D eigenvalue weighted by Crippen LogP contribution is 2.25. The van der Waals surface area contributed by atoms with Gasteiger partial charge in [0.2, 0.25) is 0 Å². The Balaban J connectivity index is 2.13. The second-order valence-electron chi connectivity index (χ2n) is 4.29. The van der Waals surface area contributed by atoms with E-state index in [1.807, 2.05) is 6.26 Å². The van der Waals surface area contributed by atoms with Crippen LogP contribution in [0.1, 0.15) is 25.7 Å². The molecule has 1 aliphatic rings. The van der Waals surface area contributed by atoms with Crippen LogP contribution in [0.25, 0.3) is 0 Å². The summed E-state index contributed by atoms with van der Waals surface area (Å²) >= 11 is 1.75. The zero-order chi connectivity index (χ0) is 12.7. The van der Waals surface area contributed by atoms with Crippen molar-refractivity contribution in [1.82, 2.24) is 10.6 Å². The van der Waals surface area contributed by atoms with Gasteiger partial charge in [-0.15, -0.1) is 0 Å². The van der Waals surface area contributed by atoms with Gasteiger partial charge < -0.3 is 15.7 Å². The Hall–Kier alpha value is -0.910. The first-order valence-corrected chi connectivity index (χ1v) is 7.29. The van der Waals surface area contributed by atoms with E-state index in [0.29, 0.717) is 19.4 Å². The van der Waals surface area contributed by atoms with Crippen LogP contribution >= 0.6 is 11.8 Å². The third kappa shape index (κ3) is 5.30. The predicted molar refractivity (Wildman–Crippen MR) is 68.3 cm³/mol. The van der Waals surface area contributed by atoms with Gasteiger partial charge in [0.05, 0.1) is 5.92 Å². The summed E-state index contributed by atoms with van der Waals surface area (Å²) in [6, 6.07) is -0.168. The average Bonchev–Trinajstić information content (AvgIpc) is 2.73. The summed E-state index contributed by atoms with van der Waals surface area (Å²) in [6.45, 7) is 0.668. The standard InChI is InChI=1S/C11H20N2O3S/c1-17-6-2-5-12-11(16)13-9-4-3-8(7-9)10(14)15/h8-9H,2-7H2,1H3,(H,14,15)(H2,12,13,16)/t8-,9+/m1/s1. The van der Waals surface area contributed by atoms with Crippen LogP contribution in [0.4, 0.5) is 4.79 Å². The van der Waals surface area contributed by atoms with E-state index in [0.717, 1.165) is 18.6 Å². The quantitative estimate of drug-likeness (QED) is 0.629. The number of rotatable bonds is 6. The first-order valence-electron chi connectivity index (χ1n) is 5.89. The molecule has 0 aromatic carbocycles. The molecule has 5 nitrogen and oxygen atoms in total. The number of carboxylic acid groups (broad SMARTS) is 1. The molecule has 17 heavy (non-hydrogen) atoms. The number of amides is 2. The number of hydrogen-bond acceptors (Lipinski definition) is 3. The topological polar surface area (TPSA) is 78.4 Å². The summed E-state index contributed by atoms with van der Waals surface area (Å²) in [6.07, 6.45) is 4.96. The Kier molecular flexibility index (Phi) is 6.18. The maximum absolute atomic E-state index is 11.5. The Morgan fingerprint density at radius 3 is 2.76 bits per heavy atom. The van der Waals surface area contributed by atoms with Gasteiger partial charge in [-0.25, -0.2) is 4.79 Å². The second kappa shape index (κ2) is 7.42. The molecule has 0 aromatic heterocycles. The van der Waals surface area contributed by atoms with Crippen LogP contribution in [-0.2, 0) is 4.79 Å². The lowest BCUT2D eigenvalue weighted by Crippen LogP contribution is -2.41. The van der Waals surface area contributed by atoms with Crippen molar-refractivity contribution in [1.29, 1.82) is 0 Å². The lowest BCUT2D eigenvalue weighted by Gasteiger charge is -2.13. The molecule has 1 aliphatic carbocycles. The maximum atomic E-state index is 11.5.